The molecule has 0 aliphatic heterocycles. The number of hydrogen-bond donors (Lipinski definition) is 2. The van der Waals surface area contributed by atoms with Gasteiger partial charge in [-0.3, -0.25) is 0 Å². The molecule has 1 rings (SSSR count). The van der Waals surface area contributed by atoms with Gasteiger partial charge in [-0.1, -0.05) is 6.07 Å². The van der Waals surface area contributed by atoms with Gasteiger partial charge in [-0.25, -0.2) is 0 Å². The topological polar surface area (TPSA) is 46.2 Å². The van der Waals surface area contributed by atoms with Gasteiger partial charge in [0.25, 0.3) is 0 Å². The van der Waals surface area contributed by atoms with E-state index in [4.69, 9.17) is 17.8 Å². The third-order valence-electron chi connectivity index (χ3n) is 1.34. The van der Waals surface area contributed by atoms with Crippen LogP contribution in [0.5, 0.6) is 0 Å². The van der Waals surface area contributed by atoms with Crippen LogP contribution in [-0.2, 0) is 6.61 Å². The van der Waals surface area contributed by atoms with Crippen molar-refractivity contribution in [3.8, 4) is 0 Å². The molecule has 3 N–H and O–H groups in total. The normalized spacial score (nSPS) is 9.80. The van der Waals surface area contributed by atoms with Gasteiger partial charge in [-0.2, -0.15) is 0 Å². The summed E-state index contributed by atoms with van der Waals surface area (Å²) in [5, 5.41) is 8.69. The van der Waals surface area contributed by atoms with Gasteiger partial charge in [0.05, 0.1) is 6.61 Å². The molecule has 0 bridgehead atoms. The van der Waals surface area contributed by atoms with Crippen LogP contribution in [0, 0.1) is 6.92 Å². The van der Waals surface area contributed by atoms with Gasteiger partial charge in [0.1, 0.15) is 0 Å². The van der Waals surface area contributed by atoms with Crippen molar-refractivity contribution in [1.82, 2.24) is 0 Å². The molecule has 2 heteroatoms. The second-order valence-corrected chi connectivity index (χ2v) is 2.12. The van der Waals surface area contributed by atoms with E-state index < -0.39 is 0 Å². The fraction of sp³-hybridized carbons (Fsp3) is 0.125. The van der Waals surface area contributed by atoms with Gasteiger partial charge < -0.3 is 10.8 Å². The number of hydrogen-bond acceptors (Lipinski definition) is 2. The third kappa shape index (κ3) is 1.28. The van der Waals surface area contributed by atoms with Gasteiger partial charge in [0.2, 0.25) is 0 Å². The predicted molar refractivity (Wildman–Crippen MR) is 40.2 cm³/mol. The van der Waals surface area contributed by atoms with Gasteiger partial charge in [-0.15, -0.1) is 0 Å². The maximum atomic E-state index is 8.69. The van der Waals surface area contributed by atoms with Crippen LogP contribution in [0.4, 0.5) is 5.69 Å². The molecule has 0 unspecified atom stereocenters. The van der Waals surface area contributed by atoms with Crippen molar-refractivity contribution in [3.63, 3.8) is 0 Å². The third-order valence-corrected chi connectivity index (χ3v) is 1.34. The van der Waals surface area contributed by atoms with E-state index >= 15 is 0 Å². The van der Waals surface area contributed by atoms with E-state index in [9.17, 15) is 0 Å². The molecule has 0 spiro atoms. The molecular weight excluding hydrogens is 126 g/mol. The average molecular weight is 135 g/mol. The standard InChI is InChI=1S/C8H9NO/c1-6-4-8(9)3-2-7(6)5-10/h1-4,10H,5,9H2. The summed E-state index contributed by atoms with van der Waals surface area (Å²) in [6, 6.07) is 5.05. The minimum atomic E-state index is -0.0356. The molecule has 0 amide bonds. The first-order valence-electron chi connectivity index (χ1n) is 2.99. The quantitative estimate of drug-likeness (QED) is 0.560. The molecule has 0 fully saturated rings. The van der Waals surface area contributed by atoms with E-state index in [1.807, 2.05) is 0 Å². The zero-order chi connectivity index (χ0) is 7.56. The molecule has 0 saturated carbocycles. The zero-order valence-corrected chi connectivity index (χ0v) is 5.54. The Kier molecular flexibility index (Phi) is 1.92. The van der Waals surface area contributed by atoms with E-state index in [-0.39, 0.29) is 6.61 Å². The summed E-state index contributed by atoms with van der Waals surface area (Å²) < 4.78 is 0. The Hall–Kier alpha value is -1.02. The molecule has 52 valence electrons. The largest absolute Gasteiger partial charge is 0.399 e. The summed E-state index contributed by atoms with van der Waals surface area (Å²) >= 11 is 0. The molecule has 0 atom stereocenters. The van der Waals surface area contributed by atoms with E-state index in [1.165, 1.54) is 0 Å². The zero-order valence-electron chi connectivity index (χ0n) is 5.54. The summed E-state index contributed by atoms with van der Waals surface area (Å²) in [6.07, 6.45) is 0. The lowest BCUT2D eigenvalue weighted by atomic mass is 10.1. The van der Waals surface area contributed by atoms with E-state index in [1.54, 1.807) is 18.2 Å². The maximum Gasteiger partial charge on any atom is 0.0684 e. The number of aliphatic hydroxyl groups is 1. The van der Waals surface area contributed by atoms with Gasteiger partial charge in [0.15, 0.2) is 0 Å². The molecule has 0 heterocycles. The second kappa shape index (κ2) is 2.71. The molecule has 0 saturated heterocycles. The molecule has 10 heavy (non-hydrogen) atoms. The van der Waals surface area contributed by atoms with E-state index in [2.05, 4.69) is 0 Å². The molecule has 1 aromatic carbocycles. The molecule has 1 aromatic rings. The first kappa shape index (κ1) is 7.09. The van der Waals surface area contributed by atoms with Crippen molar-refractivity contribution < 1.29 is 5.11 Å². The minimum absolute atomic E-state index is 0.0356. The Morgan fingerprint density at radius 1 is 1.50 bits per heavy atom. The Morgan fingerprint density at radius 3 is 2.70 bits per heavy atom. The van der Waals surface area contributed by atoms with Crippen LogP contribution >= 0.6 is 0 Å². The number of aliphatic hydroxyl groups excluding tert-OH is 1. The Labute approximate surface area is 60.3 Å². The molecule has 0 aliphatic carbocycles. The van der Waals surface area contributed by atoms with Crippen LogP contribution in [0.1, 0.15) is 11.1 Å². The Morgan fingerprint density at radius 2 is 2.20 bits per heavy atom. The maximum absolute atomic E-state index is 8.69. The number of nitrogens with two attached hydrogens (primary N) is 1. The lowest BCUT2D eigenvalue weighted by Gasteiger charge is -2.01. The minimum Gasteiger partial charge on any atom is -0.399 e. The lowest BCUT2D eigenvalue weighted by molar-refractivity contribution is 0.281. The van der Waals surface area contributed by atoms with Crippen LogP contribution in [-0.4, -0.2) is 5.11 Å². The fourth-order valence-electron chi connectivity index (χ4n) is 0.757. The van der Waals surface area contributed by atoms with Crippen molar-refractivity contribution in [1.29, 1.82) is 0 Å². The number of benzene rings is 1. The van der Waals surface area contributed by atoms with Gasteiger partial charge in [0, 0.05) is 5.69 Å². The predicted octanol–water partition coefficient (Wildman–Crippen LogP) is 0.820. The van der Waals surface area contributed by atoms with E-state index in [0.717, 1.165) is 0 Å². The van der Waals surface area contributed by atoms with Crippen LogP contribution < -0.4 is 5.73 Å². The van der Waals surface area contributed by atoms with Gasteiger partial charge in [-0.05, 0) is 30.2 Å². The number of nitrogen functional groups attached to an aromatic ring is 1. The van der Waals surface area contributed by atoms with E-state index in [0.29, 0.717) is 16.8 Å². The monoisotopic (exact) mass is 135 g/mol. The average Bonchev–Trinajstić information content (AvgIpc) is 1.88. The highest BCUT2D eigenvalue weighted by atomic mass is 16.3. The Balaban J connectivity index is 3.07. The van der Waals surface area contributed by atoms with Crippen molar-refractivity contribution in [3.05, 3.63) is 36.2 Å². The van der Waals surface area contributed by atoms with Crippen LogP contribution in [0.15, 0.2) is 18.2 Å². The highest BCUT2D eigenvalue weighted by Gasteiger charge is 1.94. The molecular formula is C8H9NO. The van der Waals surface area contributed by atoms with Crippen molar-refractivity contribution >= 4 is 5.69 Å². The highest BCUT2D eigenvalue weighted by molar-refractivity contribution is 5.45. The second-order valence-electron chi connectivity index (χ2n) is 2.12. The first-order chi connectivity index (χ1) is 4.74. The van der Waals surface area contributed by atoms with Crippen LogP contribution in [0.3, 0.4) is 0 Å². The Bertz CT molecular complexity index is 233. The summed E-state index contributed by atoms with van der Waals surface area (Å²) in [6.45, 7) is 5.46. The van der Waals surface area contributed by atoms with Crippen LogP contribution in [0.25, 0.3) is 0 Å². The highest BCUT2D eigenvalue weighted by Crippen LogP contribution is 2.11. The number of anilines is 1. The summed E-state index contributed by atoms with van der Waals surface area (Å²) in [5.74, 6) is 0. The molecule has 0 aliphatic rings. The summed E-state index contributed by atoms with van der Waals surface area (Å²) in [4.78, 5) is 0. The molecule has 2 radical (unpaired) electrons. The summed E-state index contributed by atoms with van der Waals surface area (Å²) in [7, 11) is 0. The van der Waals surface area contributed by atoms with Crippen LogP contribution in [0.2, 0.25) is 0 Å². The molecule has 0 aromatic heterocycles. The van der Waals surface area contributed by atoms with Gasteiger partial charge >= 0.3 is 0 Å². The smallest absolute Gasteiger partial charge is 0.0684 e. The van der Waals surface area contributed by atoms with Crippen molar-refractivity contribution in [2.75, 3.05) is 5.73 Å². The first-order valence-corrected chi connectivity index (χ1v) is 2.99. The van der Waals surface area contributed by atoms with Crippen molar-refractivity contribution in [2.24, 2.45) is 0 Å². The summed E-state index contributed by atoms with van der Waals surface area (Å²) in [5.41, 5.74) is 7.30. The SMILES string of the molecule is [CH]c1cc(N)ccc1CO. The lowest BCUT2D eigenvalue weighted by Crippen LogP contribution is -1.91. The van der Waals surface area contributed by atoms with Crippen molar-refractivity contribution in [2.45, 2.75) is 6.61 Å². The molecule has 2 nitrogen and oxygen atoms in total. The number of rotatable bonds is 1. The fourth-order valence-corrected chi connectivity index (χ4v) is 0.757.